The van der Waals surface area contributed by atoms with E-state index in [0.717, 1.165) is 0 Å². The van der Waals surface area contributed by atoms with Crippen LogP contribution >= 0.6 is 11.3 Å². The van der Waals surface area contributed by atoms with Crippen LogP contribution in [0.25, 0.3) is 11.1 Å². The molecule has 118 valence electrons. The number of hydrogen-bond donors (Lipinski definition) is 1. The molecule has 0 fully saturated rings. The number of fused-ring (bicyclic) bond motifs is 1. The van der Waals surface area contributed by atoms with Gasteiger partial charge in [-0.2, -0.15) is 0 Å². The quantitative estimate of drug-likeness (QED) is 0.722. The lowest BCUT2D eigenvalue weighted by Gasteiger charge is -2.15. The summed E-state index contributed by atoms with van der Waals surface area (Å²) in [5.74, 6) is -0.999. The van der Waals surface area contributed by atoms with Crippen LogP contribution in [0.3, 0.4) is 0 Å². The largest absolute Gasteiger partial charge is 0.449 e. The maximum absolute atomic E-state index is 12.2. The van der Waals surface area contributed by atoms with Crippen LogP contribution in [-0.4, -0.2) is 27.9 Å². The van der Waals surface area contributed by atoms with Crippen LogP contribution in [0.1, 0.15) is 23.7 Å². The first-order valence-corrected chi connectivity index (χ1v) is 7.80. The Bertz CT molecular complexity index is 828. The Morgan fingerprint density at radius 2 is 2.26 bits per heavy atom. The highest BCUT2D eigenvalue weighted by molar-refractivity contribution is 7.13. The molecule has 1 aromatic carbocycles. The summed E-state index contributed by atoms with van der Waals surface area (Å²) in [6.45, 7) is 1.76. The first-order valence-electron chi connectivity index (χ1n) is 6.92. The first kappa shape index (κ1) is 15.2. The van der Waals surface area contributed by atoms with E-state index in [4.69, 9.17) is 9.15 Å². The SMILES string of the molecule is CCC(OC(=O)c1ccc2ncoc2c1)C(=O)Nc1nccs1. The zero-order valence-corrected chi connectivity index (χ0v) is 13.0. The summed E-state index contributed by atoms with van der Waals surface area (Å²) in [6, 6.07) is 4.78. The van der Waals surface area contributed by atoms with Crippen molar-refractivity contribution in [2.45, 2.75) is 19.4 Å². The number of benzene rings is 1. The lowest BCUT2D eigenvalue weighted by molar-refractivity contribution is -0.124. The number of hydrogen-bond acceptors (Lipinski definition) is 7. The molecule has 0 saturated heterocycles. The van der Waals surface area contributed by atoms with Crippen molar-refractivity contribution in [3.63, 3.8) is 0 Å². The van der Waals surface area contributed by atoms with Gasteiger partial charge < -0.3 is 9.15 Å². The number of oxazole rings is 1. The fraction of sp³-hybridized carbons (Fsp3) is 0.200. The predicted molar refractivity (Wildman–Crippen MR) is 84.2 cm³/mol. The number of anilines is 1. The van der Waals surface area contributed by atoms with E-state index in [0.29, 0.717) is 28.2 Å². The molecule has 3 rings (SSSR count). The summed E-state index contributed by atoms with van der Waals surface area (Å²) in [5, 5.41) is 4.83. The predicted octanol–water partition coefficient (Wildman–Crippen LogP) is 2.86. The molecule has 0 aliphatic heterocycles. The molecular formula is C15H13N3O4S. The van der Waals surface area contributed by atoms with E-state index in [1.54, 1.807) is 30.6 Å². The molecule has 1 N–H and O–H groups in total. The van der Waals surface area contributed by atoms with Crippen LogP contribution in [0, 0.1) is 0 Å². The Balaban J connectivity index is 1.70. The van der Waals surface area contributed by atoms with Gasteiger partial charge in [-0.15, -0.1) is 11.3 Å². The smallest absolute Gasteiger partial charge is 0.339 e. The van der Waals surface area contributed by atoms with Gasteiger partial charge in [0.1, 0.15) is 5.52 Å². The van der Waals surface area contributed by atoms with E-state index in [9.17, 15) is 9.59 Å². The van der Waals surface area contributed by atoms with Crippen molar-refractivity contribution in [2.75, 3.05) is 5.32 Å². The summed E-state index contributed by atoms with van der Waals surface area (Å²) < 4.78 is 10.4. The standard InChI is InChI=1S/C15H13N3O4S/c1-2-11(13(19)18-15-16-5-6-23-15)22-14(20)9-3-4-10-12(7-9)21-8-17-10/h3-8,11H,2H2,1H3,(H,16,18,19). The minimum absolute atomic E-state index is 0.301. The summed E-state index contributed by atoms with van der Waals surface area (Å²) in [5.41, 5.74) is 1.43. The van der Waals surface area contributed by atoms with Crippen molar-refractivity contribution in [2.24, 2.45) is 0 Å². The summed E-state index contributed by atoms with van der Waals surface area (Å²) in [7, 11) is 0. The Hall–Kier alpha value is -2.74. The van der Waals surface area contributed by atoms with Crippen molar-refractivity contribution in [1.29, 1.82) is 0 Å². The molecule has 0 radical (unpaired) electrons. The van der Waals surface area contributed by atoms with E-state index >= 15 is 0 Å². The zero-order valence-electron chi connectivity index (χ0n) is 12.2. The van der Waals surface area contributed by atoms with Gasteiger partial charge in [0.05, 0.1) is 5.56 Å². The summed E-state index contributed by atoms with van der Waals surface area (Å²) >= 11 is 1.29. The fourth-order valence-electron chi connectivity index (χ4n) is 1.97. The molecule has 3 aromatic rings. The molecule has 1 amide bonds. The average Bonchev–Trinajstić information content (AvgIpc) is 3.22. The highest BCUT2D eigenvalue weighted by Gasteiger charge is 2.23. The number of thiazole rings is 1. The topological polar surface area (TPSA) is 94.3 Å². The van der Waals surface area contributed by atoms with Gasteiger partial charge in [0.25, 0.3) is 5.91 Å². The van der Waals surface area contributed by atoms with E-state index in [2.05, 4.69) is 15.3 Å². The number of aromatic nitrogens is 2. The Morgan fingerprint density at radius 3 is 3.00 bits per heavy atom. The second-order valence-corrected chi connectivity index (χ2v) is 5.56. The molecule has 1 atom stereocenters. The number of rotatable bonds is 5. The normalized spacial score (nSPS) is 12.0. The first-order chi connectivity index (χ1) is 11.2. The van der Waals surface area contributed by atoms with Crippen LogP contribution in [0.15, 0.2) is 40.6 Å². The number of carbonyl (C=O) groups excluding carboxylic acids is 2. The Kier molecular flexibility index (Phi) is 4.33. The van der Waals surface area contributed by atoms with Crippen molar-refractivity contribution >= 4 is 39.4 Å². The van der Waals surface area contributed by atoms with Gasteiger partial charge in [-0.1, -0.05) is 6.92 Å². The molecular weight excluding hydrogens is 318 g/mol. The molecule has 2 heterocycles. The lowest BCUT2D eigenvalue weighted by atomic mass is 10.2. The Labute approximate surface area is 135 Å². The molecule has 0 saturated carbocycles. The van der Waals surface area contributed by atoms with Gasteiger partial charge in [0, 0.05) is 11.6 Å². The third kappa shape index (κ3) is 3.37. The number of ether oxygens (including phenoxy) is 1. The van der Waals surface area contributed by atoms with Crippen LogP contribution in [0.2, 0.25) is 0 Å². The van der Waals surface area contributed by atoms with Crippen LogP contribution in [-0.2, 0) is 9.53 Å². The van der Waals surface area contributed by atoms with Crippen molar-refractivity contribution in [1.82, 2.24) is 9.97 Å². The Morgan fingerprint density at radius 1 is 1.39 bits per heavy atom. The monoisotopic (exact) mass is 331 g/mol. The highest BCUT2D eigenvalue weighted by Crippen LogP contribution is 2.17. The van der Waals surface area contributed by atoms with Crippen molar-refractivity contribution in [3.05, 3.63) is 41.7 Å². The molecule has 0 aliphatic rings. The van der Waals surface area contributed by atoms with E-state index in [-0.39, 0.29) is 0 Å². The second-order valence-electron chi connectivity index (χ2n) is 4.66. The number of carbonyl (C=O) groups is 2. The third-order valence-electron chi connectivity index (χ3n) is 3.14. The van der Waals surface area contributed by atoms with Gasteiger partial charge in [0.15, 0.2) is 23.2 Å². The second kappa shape index (κ2) is 6.57. The summed E-state index contributed by atoms with van der Waals surface area (Å²) in [4.78, 5) is 32.3. The highest BCUT2D eigenvalue weighted by atomic mass is 32.1. The molecule has 0 bridgehead atoms. The molecule has 7 nitrogen and oxygen atoms in total. The number of esters is 1. The van der Waals surface area contributed by atoms with Crippen LogP contribution in [0.5, 0.6) is 0 Å². The zero-order chi connectivity index (χ0) is 16.2. The minimum atomic E-state index is -0.892. The maximum atomic E-state index is 12.2. The number of nitrogens with zero attached hydrogens (tertiary/aromatic N) is 2. The molecule has 0 spiro atoms. The maximum Gasteiger partial charge on any atom is 0.339 e. The number of nitrogens with one attached hydrogen (secondary N) is 1. The van der Waals surface area contributed by atoms with Crippen molar-refractivity contribution < 1.29 is 18.7 Å². The van der Waals surface area contributed by atoms with Gasteiger partial charge in [0.2, 0.25) is 0 Å². The number of amides is 1. The molecule has 23 heavy (non-hydrogen) atoms. The van der Waals surface area contributed by atoms with Crippen molar-refractivity contribution in [3.8, 4) is 0 Å². The van der Waals surface area contributed by atoms with E-state index in [1.807, 2.05) is 0 Å². The van der Waals surface area contributed by atoms with E-state index < -0.39 is 18.0 Å². The lowest BCUT2D eigenvalue weighted by Crippen LogP contribution is -2.32. The van der Waals surface area contributed by atoms with Gasteiger partial charge in [-0.25, -0.2) is 14.8 Å². The average molecular weight is 331 g/mol. The van der Waals surface area contributed by atoms with Crippen LogP contribution < -0.4 is 5.32 Å². The van der Waals surface area contributed by atoms with E-state index in [1.165, 1.54) is 23.8 Å². The van der Waals surface area contributed by atoms with Gasteiger partial charge >= 0.3 is 5.97 Å². The molecule has 1 unspecified atom stereocenters. The molecule has 8 heteroatoms. The third-order valence-corrected chi connectivity index (χ3v) is 3.83. The molecule has 2 aromatic heterocycles. The van der Waals surface area contributed by atoms with Gasteiger partial charge in [-0.3, -0.25) is 10.1 Å². The summed E-state index contributed by atoms with van der Waals surface area (Å²) in [6.07, 6.45) is 2.35. The fourth-order valence-corrected chi connectivity index (χ4v) is 2.50. The van der Waals surface area contributed by atoms with Gasteiger partial charge in [-0.05, 0) is 24.6 Å². The minimum Gasteiger partial charge on any atom is -0.449 e. The van der Waals surface area contributed by atoms with Crippen LogP contribution in [0.4, 0.5) is 5.13 Å². The molecule has 0 aliphatic carbocycles.